The molecule has 0 saturated heterocycles. The monoisotopic (exact) mass is 273 g/mol. The minimum absolute atomic E-state index is 0.139. The van der Waals surface area contributed by atoms with Gasteiger partial charge in [0.05, 0.1) is 0 Å². The number of benzene rings is 1. The molecule has 0 radical (unpaired) electrons. The highest BCUT2D eigenvalue weighted by Crippen LogP contribution is 2.30. The normalized spacial score (nSPS) is 15.2. The van der Waals surface area contributed by atoms with Gasteiger partial charge in [0.25, 0.3) is 5.89 Å². The molecule has 0 fully saturated rings. The first-order chi connectivity index (χ1) is 9.69. The number of rotatable bonds is 4. The predicted octanol–water partition coefficient (Wildman–Crippen LogP) is 3.05. The van der Waals surface area contributed by atoms with E-state index in [2.05, 4.69) is 41.4 Å². The van der Waals surface area contributed by atoms with Gasteiger partial charge in [0.2, 0.25) is 5.82 Å². The first-order valence-corrected chi connectivity index (χ1v) is 6.92. The molecule has 1 aliphatic rings. The van der Waals surface area contributed by atoms with E-state index in [9.17, 15) is 0 Å². The summed E-state index contributed by atoms with van der Waals surface area (Å²) < 4.78 is 10.8. The zero-order valence-corrected chi connectivity index (χ0v) is 12.0. The standard InChI is InChI=1S/C15H19N3O2/c1-9(2)13(19-3)14-17-15(20-18-14)11-5-4-10-6-7-16-12(10)8-11/h4-5,8-9,13,16H,6-7H2,1-3H3. The summed E-state index contributed by atoms with van der Waals surface area (Å²) in [4.78, 5) is 4.47. The van der Waals surface area contributed by atoms with Crippen molar-refractivity contribution in [3.63, 3.8) is 0 Å². The molecule has 0 bridgehead atoms. The molecule has 0 spiro atoms. The van der Waals surface area contributed by atoms with Gasteiger partial charge in [0, 0.05) is 24.9 Å². The Bertz CT molecular complexity index is 607. The average molecular weight is 273 g/mol. The SMILES string of the molecule is COC(c1noc(-c2ccc3c(c2)NCC3)n1)C(C)C. The molecule has 2 aromatic rings. The smallest absolute Gasteiger partial charge is 0.258 e. The van der Waals surface area contributed by atoms with Crippen LogP contribution in [0.4, 0.5) is 5.69 Å². The van der Waals surface area contributed by atoms with Crippen LogP contribution >= 0.6 is 0 Å². The molecular formula is C15H19N3O2. The molecule has 20 heavy (non-hydrogen) atoms. The van der Waals surface area contributed by atoms with Crippen molar-refractivity contribution in [1.82, 2.24) is 10.1 Å². The molecule has 3 rings (SSSR count). The molecule has 5 nitrogen and oxygen atoms in total. The molecule has 106 valence electrons. The Balaban J connectivity index is 1.90. The van der Waals surface area contributed by atoms with Crippen molar-refractivity contribution in [3.05, 3.63) is 29.6 Å². The molecule has 0 saturated carbocycles. The van der Waals surface area contributed by atoms with Crippen LogP contribution in [0.25, 0.3) is 11.5 Å². The topological polar surface area (TPSA) is 60.2 Å². The molecule has 2 heterocycles. The third-order valence-corrected chi connectivity index (χ3v) is 3.62. The molecule has 1 atom stereocenters. The number of ether oxygens (including phenoxy) is 1. The van der Waals surface area contributed by atoms with Crippen molar-refractivity contribution in [2.24, 2.45) is 5.92 Å². The Hall–Kier alpha value is -1.88. The van der Waals surface area contributed by atoms with Crippen LogP contribution in [0.15, 0.2) is 22.7 Å². The Labute approximate surface area is 118 Å². The van der Waals surface area contributed by atoms with E-state index in [1.54, 1.807) is 7.11 Å². The average Bonchev–Trinajstić information content (AvgIpc) is 3.06. The molecule has 0 amide bonds. The lowest BCUT2D eigenvalue weighted by Crippen LogP contribution is -2.10. The van der Waals surface area contributed by atoms with E-state index >= 15 is 0 Å². The second kappa shape index (κ2) is 5.25. The van der Waals surface area contributed by atoms with Gasteiger partial charge in [-0.15, -0.1) is 0 Å². The fourth-order valence-electron chi connectivity index (χ4n) is 2.57. The Kier molecular flexibility index (Phi) is 3.44. The number of fused-ring (bicyclic) bond motifs is 1. The number of nitrogens with one attached hydrogen (secondary N) is 1. The van der Waals surface area contributed by atoms with Gasteiger partial charge in [0.15, 0.2) is 0 Å². The highest BCUT2D eigenvalue weighted by atomic mass is 16.5. The van der Waals surface area contributed by atoms with Gasteiger partial charge in [-0.3, -0.25) is 0 Å². The van der Waals surface area contributed by atoms with Crippen LogP contribution in [-0.4, -0.2) is 23.8 Å². The van der Waals surface area contributed by atoms with E-state index in [0.29, 0.717) is 17.6 Å². The summed E-state index contributed by atoms with van der Waals surface area (Å²) >= 11 is 0. The van der Waals surface area contributed by atoms with E-state index < -0.39 is 0 Å². The molecule has 1 aliphatic heterocycles. The van der Waals surface area contributed by atoms with E-state index in [-0.39, 0.29) is 6.10 Å². The zero-order chi connectivity index (χ0) is 14.1. The van der Waals surface area contributed by atoms with Gasteiger partial charge in [-0.2, -0.15) is 4.98 Å². The number of hydrogen-bond acceptors (Lipinski definition) is 5. The van der Waals surface area contributed by atoms with Crippen LogP contribution in [0, 0.1) is 5.92 Å². The molecule has 1 aromatic carbocycles. The molecule has 1 aromatic heterocycles. The van der Waals surface area contributed by atoms with Crippen molar-refractivity contribution < 1.29 is 9.26 Å². The molecule has 1 unspecified atom stereocenters. The fraction of sp³-hybridized carbons (Fsp3) is 0.467. The maximum atomic E-state index is 5.42. The van der Waals surface area contributed by atoms with Crippen LogP contribution in [0.2, 0.25) is 0 Å². The molecular weight excluding hydrogens is 254 g/mol. The second-order valence-corrected chi connectivity index (χ2v) is 5.41. The fourth-order valence-corrected chi connectivity index (χ4v) is 2.57. The minimum atomic E-state index is -0.139. The van der Waals surface area contributed by atoms with Crippen LogP contribution in [0.5, 0.6) is 0 Å². The third-order valence-electron chi connectivity index (χ3n) is 3.62. The summed E-state index contributed by atoms with van der Waals surface area (Å²) in [7, 11) is 1.67. The van der Waals surface area contributed by atoms with Crippen molar-refractivity contribution in [2.45, 2.75) is 26.4 Å². The number of anilines is 1. The summed E-state index contributed by atoms with van der Waals surface area (Å²) in [5.41, 5.74) is 3.44. The van der Waals surface area contributed by atoms with Crippen molar-refractivity contribution >= 4 is 5.69 Å². The second-order valence-electron chi connectivity index (χ2n) is 5.41. The van der Waals surface area contributed by atoms with E-state index in [4.69, 9.17) is 9.26 Å². The first kappa shape index (κ1) is 13.1. The van der Waals surface area contributed by atoms with Crippen LogP contribution < -0.4 is 5.32 Å². The van der Waals surface area contributed by atoms with Crippen LogP contribution in [0.3, 0.4) is 0 Å². The Morgan fingerprint density at radius 2 is 2.20 bits per heavy atom. The summed E-state index contributed by atoms with van der Waals surface area (Å²) in [6.07, 6.45) is 0.934. The van der Waals surface area contributed by atoms with E-state index in [1.807, 2.05) is 6.07 Å². The quantitative estimate of drug-likeness (QED) is 0.927. The number of aromatic nitrogens is 2. The minimum Gasteiger partial charge on any atom is -0.384 e. The summed E-state index contributed by atoms with van der Waals surface area (Å²) in [6.45, 7) is 5.14. The van der Waals surface area contributed by atoms with Crippen molar-refractivity contribution in [2.75, 3.05) is 19.0 Å². The van der Waals surface area contributed by atoms with Crippen LogP contribution in [-0.2, 0) is 11.2 Å². The van der Waals surface area contributed by atoms with E-state index in [1.165, 1.54) is 5.56 Å². The highest BCUT2D eigenvalue weighted by molar-refractivity contribution is 5.66. The lowest BCUT2D eigenvalue weighted by molar-refractivity contribution is 0.0556. The first-order valence-electron chi connectivity index (χ1n) is 6.92. The van der Waals surface area contributed by atoms with Gasteiger partial charge in [0.1, 0.15) is 6.10 Å². The maximum absolute atomic E-state index is 5.42. The number of hydrogen-bond donors (Lipinski definition) is 1. The van der Waals surface area contributed by atoms with Crippen LogP contribution in [0.1, 0.15) is 31.3 Å². The van der Waals surface area contributed by atoms with Gasteiger partial charge < -0.3 is 14.6 Å². The summed E-state index contributed by atoms with van der Waals surface area (Å²) in [5, 5.41) is 7.40. The van der Waals surface area contributed by atoms with E-state index in [0.717, 1.165) is 24.2 Å². The van der Waals surface area contributed by atoms with Gasteiger partial charge >= 0.3 is 0 Å². The number of nitrogens with zero attached hydrogens (tertiary/aromatic N) is 2. The van der Waals surface area contributed by atoms with Crippen molar-refractivity contribution in [1.29, 1.82) is 0 Å². The Morgan fingerprint density at radius 3 is 2.95 bits per heavy atom. The maximum Gasteiger partial charge on any atom is 0.258 e. The predicted molar refractivity (Wildman–Crippen MR) is 76.5 cm³/mol. The summed E-state index contributed by atoms with van der Waals surface area (Å²) in [6, 6.07) is 6.21. The lowest BCUT2D eigenvalue weighted by Gasteiger charge is -2.14. The number of methoxy groups -OCH3 is 1. The lowest BCUT2D eigenvalue weighted by atomic mass is 10.1. The Morgan fingerprint density at radius 1 is 1.35 bits per heavy atom. The molecule has 5 heteroatoms. The molecule has 0 aliphatic carbocycles. The largest absolute Gasteiger partial charge is 0.384 e. The van der Waals surface area contributed by atoms with Crippen molar-refractivity contribution in [3.8, 4) is 11.5 Å². The zero-order valence-electron chi connectivity index (χ0n) is 12.0. The summed E-state index contributed by atoms with van der Waals surface area (Å²) in [5.74, 6) is 1.44. The van der Waals surface area contributed by atoms with Gasteiger partial charge in [-0.05, 0) is 30.0 Å². The third kappa shape index (κ3) is 2.29. The van der Waals surface area contributed by atoms with Gasteiger partial charge in [-0.25, -0.2) is 0 Å². The molecule has 1 N–H and O–H groups in total. The van der Waals surface area contributed by atoms with Gasteiger partial charge in [-0.1, -0.05) is 25.1 Å². The highest BCUT2D eigenvalue weighted by Gasteiger charge is 2.22.